The molecule has 0 saturated carbocycles. The summed E-state index contributed by atoms with van der Waals surface area (Å²) in [4.78, 5) is 0. The van der Waals surface area contributed by atoms with Crippen LogP contribution in [0.5, 0.6) is 0 Å². The zero-order valence-corrected chi connectivity index (χ0v) is 11.3. The van der Waals surface area contributed by atoms with Crippen molar-refractivity contribution in [2.24, 2.45) is 11.8 Å². The molecule has 0 aliphatic rings. The van der Waals surface area contributed by atoms with Crippen LogP contribution in [0, 0.1) is 11.8 Å². The van der Waals surface area contributed by atoms with Crippen LogP contribution in [0.15, 0.2) is 24.3 Å². The third-order valence-corrected chi connectivity index (χ3v) is 3.65. The summed E-state index contributed by atoms with van der Waals surface area (Å²) in [6.07, 6.45) is 5.03. The fourth-order valence-corrected chi connectivity index (χ4v) is 2.00. The second-order valence-corrected chi connectivity index (χ2v) is 5.20. The molecular weight excluding hydrogens is 192 g/mol. The van der Waals surface area contributed by atoms with E-state index < -0.39 is 0 Å². The molecule has 0 fully saturated rings. The second kappa shape index (κ2) is 6.73. The molecule has 0 bridgehead atoms. The number of hydrogen-bond acceptors (Lipinski definition) is 0. The van der Waals surface area contributed by atoms with E-state index in [1.165, 1.54) is 25.7 Å². The highest BCUT2D eigenvalue weighted by Crippen LogP contribution is 2.19. The molecule has 0 aliphatic carbocycles. The Balaban J connectivity index is 2.75. The van der Waals surface area contributed by atoms with Crippen LogP contribution in [0.1, 0.15) is 51.7 Å². The number of benzene rings is 1. The van der Waals surface area contributed by atoms with E-state index in [-0.39, 0.29) is 0 Å². The Morgan fingerprint density at radius 3 is 1.50 bits per heavy atom. The Hall–Kier alpha value is -0.780. The summed E-state index contributed by atoms with van der Waals surface area (Å²) in [6, 6.07) is 8.98. The van der Waals surface area contributed by atoms with Gasteiger partial charge in [-0.05, 0) is 35.8 Å². The highest BCUT2D eigenvalue weighted by molar-refractivity contribution is 5.27. The van der Waals surface area contributed by atoms with Crippen LogP contribution in [0.2, 0.25) is 0 Å². The van der Waals surface area contributed by atoms with Gasteiger partial charge in [-0.2, -0.15) is 0 Å². The average molecular weight is 218 g/mol. The van der Waals surface area contributed by atoms with Gasteiger partial charge >= 0.3 is 0 Å². The first-order chi connectivity index (χ1) is 7.67. The van der Waals surface area contributed by atoms with E-state index in [9.17, 15) is 0 Å². The smallest absolute Gasteiger partial charge is 0.0250 e. The Morgan fingerprint density at radius 1 is 0.812 bits per heavy atom. The van der Waals surface area contributed by atoms with Crippen LogP contribution in [0.25, 0.3) is 0 Å². The van der Waals surface area contributed by atoms with Crippen LogP contribution in [-0.4, -0.2) is 0 Å². The second-order valence-electron chi connectivity index (χ2n) is 5.20. The van der Waals surface area contributed by atoms with E-state index in [1.54, 1.807) is 11.1 Å². The zero-order valence-electron chi connectivity index (χ0n) is 11.3. The molecular formula is C16H26. The van der Waals surface area contributed by atoms with E-state index in [2.05, 4.69) is 52.0 Å². The molecule has 0 N–H and O–H groups in total. The van der Waals surface area contributed by atoms with Crippen molar-refractivity contribution in [2.75, 3.05) is 0 Å². The van der Waals surface area contributed by atoms with Crippen molar-refractivity contribution in [1.82, 2.24) is 0 Å². The standard InChI is InChI=1S/C16H26/c1-5-13(3)11-15-9-7-8-10-16(15)12-14(4)6-2/h7-10,13-14H,5-6,11-12H2,1-4H3. The van der Waals surface area contributed by atoms with E-state index in [0.717, 1.165) is 11.8 Å². The van der Waals surface area contributed by atoms with Crippen LogP contribution in [-0.2, 0) is 12.8 Å². The SMILES string of the molecule is CCC(C)Cc1ccccc1CC(C)CC. The van der Waals surface area contributed by atoms with Crippen molar-refractivity contribution >= 4 is 0 Å². The van der Waals surface area contributed by atoms with Gasteiger partial charge in [-0.15, -0.1) is 0 Å². The van der Waals surface area contributed by atoms with Gasteiger partial charge in [0.1, 0.15) is 0 Å². The molecule has 1 aromatic rings. The summed E-state index contributed by atoms with van der Waals surface area (Å²) in [5.74, 6) is 1.61. The van der Waals surface area contributed by atoms with Gasteiger partial charge in [0.05, 0.1) is 0 Å². The predicted molar refractivity (Wildman–Crippen MR) is 72.8 cm³/mol. The Bertz CT molecular complexity index is 270. The molecule has 0 spiro atoms. The van der Waals surface area contributed by atoms with Gasteiger partial charge in [0, 0.05) is 0 Å². The molecule has 16 heavy (non-hydrogen) atoms. The molecule has 2 unspecified atom stereocenters. The van der Waals surface area contributed by atoms with E-state index in [4.69, 9.17) is 0 Å². The normalized spacial score (nSPS) is 14.8. The third kappa shape index (κ3) is 4.00. The molecule has 1 rings (SSSR count). The van der Waals surface area contributed by atoms with Crippen molar-refractivity contribution in [3.05, 3.63) is 35.4 Å². The van der Waals surface area contributed by atoms with E-state index in [0.29, 0.717) is 0 Å². The van der Waals surface area contributed by atoms with Crippen molar-refractivity contribution < 1.29 is 0 Å². The van der Waals surface area contributed by atoms with Crippen LogP contribution < -0.4 is 0 Å². The molecule has 0 aliphatic heterocycles. The molecule has 2 atom stereocenters. The summed E-state index contributed by atoms with van der Waals surface area (Å²) in [6.45, 7) is 9.25. The fourth-order valence-electron chi connectivity index (χ4n) is 2.00. The van der Waals surface area contributed by atoms with Gasteiger partial charge in [0.2, 0.25) is 0 Å². The number of hydrogen-bond donors (Lipinski definition) is 0. The van der Waals surface area contributed by atoms with Gasteiger partial charge in [0.15, 0.2) is 0 Å². The van der Waals surface area contributed by atoms with Gasteiger partial charge in [-0.3, -0.25) is 0 Å². The van der Waals surface area contributed by atoms with Crippen LogP contribution in [0.4, 0.5) is 0 Å². The molecule has 1 aromatic carbocycles. The monoisotopic (exact) mass is 218 g/mol. The van der Waals surface area contributed by atoms with Gasteiger partial charge in [0.25, 0.3) is 0 Å². The lowest BCUT2D eigenvalue weighted by atomic mass is 9.90. The first-order valence-electron chi connectivity index (χ1n) is 6.74. The maximum absolute atomic E-state index is 2.35. The summed E-state index contributed by atoms with van der Waals surface area (Å²) in [7, 11) is 0. The topological polar surface area (TPSA) is 0 Å². The van der Waals surface area contributed by atoms with Gasteiger partial charge < -0.3 is 0 Å². The lowest BCUT2D eigenvalue weighted by Crippen LogP contribution is -2.05. The van der Waals surface area contributed by atoms with Gasteiger partial charge in [-0.1, -0.05) is 64.8 Å². The lowest BCUT2D eigenvalue weighted by Gasteiger charge is -2.15. The van der Waals surface area contributed by atoms with Crippen molar-refractivity contribution in [3.63, 3.8) is 0 Å². The largest absolute Gasteiger partial charge is 0.0651 e. The fraction of sp³-hybridized carbons (Fsp3) is 0.625. The van der Waals surface area contributed by atoms with Crippen LogP contribution >= 0.6 is 0 Å². The molecule has 0 heterocycles. The molecule has 0 radical (unpaired) electrons. The molecule has 0 heteroatoms. The maximum Gasteiger partial charge on any atom is -0.0250 e. The first-order valence-corrected chi connectivity index (χ1v) is 6.74. The Labute approximate surface area is 101 Å². The predicted octanol–water partition coefficient (Wildman–Crippen LogP) is 4.86. The summed E-state index contributed by atoms with van der Waals surface area (Å²) in [5.41, 5.74) is 3.13. The van der Waals surface area contributed by atoms with Gasteiger partial charge in [-0.25, -0.2) is 0 Å². The number of rotatable bonds is 6. The summed E-state index contributed by atoms with van der Waals surface area (Å²) >= 11 is 0. The average Bonchev–Trinajstić information content (AvgIpc) is 2.31. The van der Waals surface area contributed by atoms with E-state index in [1.807, 2.05) is 0 Å². The molecule has 0 nitrogen and oxygen atoms in total. The molecule has 0 saturated heterocycles. The van der Waals surface area contributed by atoms with Crippen molar-refractivity contribution in [3.8, 4) is 0 Å². The zero-order chi connectivity index (χ0) is 12.0. The minimum absolute atomic E-state index is 0.804. The highest BCUT2D eigenvalue weighted by Gasteiger charge is 2.08. The summed E-state index contributed by atoms with van der Waals surface area (Å²) in [5, 5.41) is 0. The Morgan fingerprint density at radius 2 is 1.19 bits per heavy atom. The molecule has 0 aromatic heterocycles. The van der Waals surface area contributed by atoms with Crippen molar-refractivity contribution in [1.29, 1.82) is 0 Å². The molecule has 0 amide bonds. The third-order valence-electron chi connectivity index (χ3n) is 3.65. The van der Waals surface area contributed by atoms with Crippen LogP contribution in [0.3, 0.4) is 0 Å². The Kier molecular flexibility index (Phi) is 5.59. The summed E-state index contributed by atoms with van der Waals surface area (Å²) < 4.78 is 0. The van der Waals surface area contributed by atoms with E-state index >= 15 is 0 Å². The first kappa shape index (κ1) is 13.3. The lowest BCUT2D eigenvalue weighted by molar-refractivity contribution is 0.537. The highest BCUT2D eigenvalue weighted by atomic mass is 14.1. The quantitative estimate of drug-likeness (QED) is 0.639. The molecule has 90 valence electrons. The van der Waals surface area contributed by atoms with Crippen molar-refractivity contribution in [2.45, 2.75) is 53.4 Å². The maximum atomic E-state index is 2.35. The minimum atomic E-state index is 0.804. The minimum Gasteiger partial charge on any atom is -0.0651 e.